The molecule has 0 bridgehead atoms. The third kappa shape index (κ3) is 6.03. The number of nitrogens with zero attached hydrogens (tertiary/aromatic N) is 2. The van der Waals surface area contributed by atoms with E-state index in [2.05, 4.69) is 28.8 Å². The van der Waals surface area contributed by atoms with Gasteiger partial charge in [-0.05, 0) is 31.5 Å². The standard InChI is InChI=1S/C19H24ClN3O2/c1-4-8-25-19-17(20)10-15(11-18(19)24-5-2)12-23-14(3)9-16-13-21-6-7-22-16/h4,6-7,10-11,13-14,23H,1,5,8-9,12H2,2-3H3. The van der Waals surface area contributed by atoms with E-state index in [-0.39, 0.29) is 6.04 Å². The minimum Gasteiger partial charge on any atom is -0.490 e. The molecule has 1 heterocycles. The van der Waals surface area contributed by atoms with E-state index in [4.69, 9.17) is 21.1 Å². The number of ether oxygens (including phenoxy) is 2. The number of aromatic nitrogens is 2. The highest BCUT2D eigenvalue weighted by Gasteiger charge is 2.13. The molecule has 0 aliphatic heterocycles. The van der Waals surface area contributed by atoms with Crippen molar-refractivity contribution in [1.82, 2.24) is 15.3 Å². The van der Waals surface area contributed by atoms with Gasteiger partial charge in [0.05, 0.1) is 17.3 Å². The molecule has 1 aromatic carbocycles. The van der Waals surface area contributed by atoms with Gasteiger partial charge in [-0.3, -0.25) is 9.97 Å². The Bertz CT molecular complexity index is 680. The topological polar surface area (TPSA) is 56.3 Å². The summed E-state index contributed by atoms with van der Waals surface area (Å²) in [5.74, 6) is 1.20. The summed E-state index contributed by atoms with van der Waals surface area (Å²) in [4.78, 5) is 8.39. The van der Waals surface area contributed by atoms with Gasteiger partial charge in [-0.25, -0.2) is 0 Å². The van der Waals surface area contributed by atoms with Gasteiger partial charge >= 0.3 is 0 Å². The van der Waals surface area contributed by atoms with Crippen LogP contribution in [0.5, 0.6) is 11.5 Å². The zero-order valence-corrected chi connectivity index (χ0v) is 15.4. The van der Waals surface area contributed by atoms with E-state index in [0.29, 0.717) is 36.3 Å². The largest absolute Gasteiger partial charge is 0.490 e. The molecule has 25 heavy (non-hydrogen) atoms. The van der Waals surface area contributed by atoms with E-state index in [1.165, 1.54) is 0 Å². The number of hydrogen-bond donors (Lipinski definition) is 1. The zero-order chi connectivity index (χ0) is 18.1. The second kappa shape index (κ2) is 10.0. The van der Waals surface area contributed by atoms with Gasteiger partial charge in [0.25, 0.3) is 0 Å². The highest BCUT2D eigenvalue weighted by molar-refractivity contribution is 6.32. The molecule has 1 aromatic heterocycles. The summed E-state index contributed by atoms with van der Waals surface area (Å²) in [5.41, 5.74) is 1.99. The molecule has 1 atom stereocenters. The smallest absolute Gasteiger partial charge is 0.180 e. The van der Waals surface area contributed by atoms with Gasteiger partial charge in [-0.15, -0.1) is 0 Å². The Labute approximate surface area is 154 Å². The molecule has 134 valence electrons. The fourth-order valence-electron chi connectivity index (χ4n) is 2.38. The zero-order valence-electron chi connectivity index (χ0n) is 14.7. The fourth-order valence-corrected chi connectivity index (χ4v) is 2.67. The minimum atomic E-state index is 0.253. The Morgan fingerprint density at radius 1 is 1.32 bits per heavy atom. The third-order valence-corrected chi connectivity index (χ3v) is 3.78. The van der Waals surface area contributed by atoms with E-state index >= 15 is 0 Å². The van der Waals surface area contributed by atoms with Crippen LogP contribution in [0.4, 0.5) is 0 Å². The summed E-state index contributed by atoms with van der Waals surface area (Å²) >= 11 is 6.37. The lowest BCUT2D eigenvalue weighted by Crippen LogP contribution is -2.28. The number of nitrogens with one attached hydrogen (secondary N) is 1. The van der Waals surface area contributed by atoms with Gasteiger partial charge in [-0.2, -0.15) is 0 Å². The first kappa shape index (κ1) is 19.2. The predicted molar refractivity (Wildman–Crippen MR) is 100 cm³/mol. The molecular formula is C19H24ClN3O2. The SMILES string of the molecule is C=CCOc1c(Cl)cc(CNC(C)Cc2cnccn2)cc1OCC. The van der Waals surface area contributed by atoms with E-state index in [0.717, 1.165) is 17.7 Å². The molecule has 0 fully saturated rings. The van der Waals surface area contributed by atoms with Gasteiger partial charge in [0.15, 0.2) is 11.5 Å². The van der Waals surface area contributed by atoms with Gasteiger partial charge in [0, 0.05) is 37.6 Å². The van der Waals surface area contributed by atoms with Crippen LogP contribution in [0.1, 0.15) is 25.1 Å². The van der Waals surface area contributed by atoms with Crippen LogP contribution in [0.3, 0.4) is 0 Å². The molecule has 0 aliphatic carbocycles. The lowest BCUT2D eigenvalue weighted by atomic mass is 10.1. The Morgan fingerprint density at radius 2 is 2.16 bits per heavy atom. The van der Waals surface area contributed by atoms with Gasteiger partial charge in [0.1, 0.15) is 6.61 Å². The monoisotopic (exact) mass is 361 g/mol. The Morgan fingerprint density at radius 3 is 2.84 bits per heavy atom. The van der Waals surface area contributed by atoms with Crippen molar-refractivity contribution in [2.24, 2.45) is 0 Å². The quantitative estimate of drug-likeness (QED) is 0.652. The van der Waals surface area contributed by atoms with Crippen molar-refractivity contribution in [3.05, 3.63) is 59.7 Å². The number of rotatable bonds is 10. The van der Waals surface area contributed by atoms with E-state index < -0.39 is 0 Å². The summed E-state index contributed by atoms with van der Waals surface area (Å²) in [6, 6.07) is 4.10. The van der Waals surface area contributed by atoms with E-state index in [9.17, 15) is 0 Å². The van der Waals surface area contributed by atoms with Crippen molar-refractivity contribution in [1.29, 1.82) is 0 Å². The summed E-state index contributed by atoms with van der Waals surface area (Å²) in [6.45, 7) is 9.29. The van der Waals surface area contributed by atoms with Crippen molar-refractivity contribution in [2.45, 2.75) is 32.9 Å². The molecule has 0 amide bonds. The van der Waals surface area contributed by atoms with Gasteiger partial charge < -0.3 is 14.8 Å². The van der Waals surface area contributed by atoms with Crippen LogP contribution in [-0.4, -0.2) is 29.2 Å². The molecule has 0 aliphatic rings. The minimum absolute atomic E-state index is 0.253. The fraction of sp³-hybridized carbons (Fsp3) is 0.368. The van der Waals surface area contributed by atoms with Crippen LogP contribution >= 0.6 is 11.6 Å². The molecule has 0 saturated carbocycles. The van der Waals surface area contributed by atoms with E-state index in [1.54, 1.807) is 24.7 Å². The van der Waals surface area contributed by atoms with Crippen molar-refractivity contribution < 1.29 is 9.47 Å². The molecule has 1 N–H and O–H groups in total. The molecule has 2 rings (SSSR count). The highest BCUT2D eigenvalue weighted by Crippen LogP contribution is 2.36. The molecule has 0 spiro atoms. The normalized spacial score (nSPS) is 11.8. The van der Waals surface area contributed by atoms with Gasteiger partial charge in [0.2, 0.25) is 0 Å². The lowest BCUT2D eigenvalue weighted by molar-refractivity contribution is 0.296. The average Bonchev–Trinajstić information content (AvgIpc) is 2.60. The summed E-state index contributed by atoms with van der Waals surface area (Å²) in [5, 5.41) is 4.00. The first-order valence-electron chi connectivity index (χ1n) is 8.31. The Hall–Kier alpha value is -2.11. The van der Waals surface area contributed by atoms with Crippen molar-refractivity contribution >= 4 is 11.6 Å². The maximum atomic E-state index is 6.37. The molecular weight excluding hydrogens is 338 g/mol. The maximum absolute atomic E-state index is 6.37. The molecule has 5 nitrogen and oxygen atoms in total. The first-order valence-corrected chi connectivity index (χ1v) is 8.69. The second-order valence-corrected chi connectivity index (χ2v) is 6.03. The summed E-state index contributed by atoms with van der Waals surface area (Å²) in [7, 11) is 0. The maximum Gasteiger partial charge on any atom is 0.180 e. The van der Waals surface area contributed by atoms with Crippen molar-refractivity contribution in [3.63, 3.8) is 0 Å². The third-order valence-electron chi connectivity index (χ3n) is 3.50. The van der Waals surface area contributed by atoms with Crippen LogP contribution in [-0.2, 0) is 13.0 Å². The van der Waals surface area contributed by atoms with Crippen LogP contribution in [0.15, 0.2) is 43.4 Å². The highest BCUT2D eigenvalue weighted by atomic mass is 35.5. The molecule has 0 radical (unpaired) electrons. The van der Waals surface area contributed by atoms with Crippen molar-refractivity contribution in [2.75, 3.05) is 13.2 Å². The number of halogens is 1. The first-order chi connectivity index (χ1) is 12.1. The second-order valence-electron chi connectivity index (χ2n) is 5.62. The van der Waals surface area contributed by atoms with Gasteiger partial charge in [-0.1, -0.05) is 24.3 Å². The molecule has 1 unspecified atom stereocenters. The Balaban J connectivity index is 2.02. The summed E-state index contributed by atoms with van der Waals surface area (Å²) in [6.07, 6.45) is 7.65. The molecule has 6 heteroatoms. The van der Waals surface area contributed by atoms with Crippen LogP contribution in [0, 0.1) is 0 Å². The molecule has 2 aromatic rings. The lowest BCUT2D eigenvalue weighted by Gasteiger charge is -2.17. The Kier molecular flexibility index (Phi) is 7.70. The number of hydrogen-bond acceptors (Lipinski definition) is 5. The van der Waals surface area contributed by atoms with Crippen LogP contribution in [0.25, 0.3) is 0 Å². The molecule has 0 saturated heterocycles. The average molecular weight is 362 g/mol. The van der Waals surface area contributed by atoms with Crippen molar-refractivity contribution in [3.8, 4) is 11.5 Å². The van der Waals surface area contributed by atoms with E-state index in [1.807, 2.05) is 19.1 Å². The predicted octanol–water partition coefficient (Wildman–Crippen LogP) is 3.81. The summed E-state index contributed by atoms with van der Waals surface area (Å²) < 4.78 is 11.3. The number of benzene rings is 1. The van der Waals surface area contributed by atoms with Crippen LogP contribution < -0.4 is 14.8 Å². The van der Waals surface area contributed by atoms with Crippen LogP contribution in [0.2, 0.25) is 5.02 Å².